The zero-order valence-electron chi connectivity index (χ0n) is 12.3. The van der Waals surface area contributed by atoms with E-state index in [1.807, 2.05) is 0 Å². The lowest BCUT2D eigenvalue weighted by molar-refractivity contribution is -0.132. The minimum Gasteiger partial charge on any atom is -0.273 e. The number of anilines is 1. The fraction of sp³-hybridized carbons (Fsp3) is 0.0588. The Bertz CT molecular complexity index is 837. The Kier molecular flexibility index (Phi) is 4.18. The van der Waals surface area contributed by atoms with Crippen molar-refractivity contribution in [3.8, 4) is 0 Å². The van der Waals surface area contributed by atoms with Gasteiger partial charge in [-0.05, 0) is 48.6 Å². The molecule has 0 spiro atoms. The second-order valence-electron chi connectivity index (χ2n) is 5.07. The largest absolute Gasteiger partial charge is 0.273 e. The highest BCUT2D eigenvalue weighted by Crippen LogP contribution is 2.23. The number of carbonyl (C=O) groups is 3. The number of amides is 3. The lowest BCUT2D eigenvalue weighted by Crippen LogP contribution is -2.57. The number of hydrogen-bond acceptors (Lipinski definition) is 4. The molecule has 0 bridgehead atoms. The SMILES string of the molecule is O=C1CC(=O)N(c2ccc(F)cc2)C(=S)N1C(=O)c1ccccc1. The summed E-state index contributed by atoms with van der Waals surface area (Å²) in [4.78, 5) is 38.8. The molecule has 0 aromatic heterocycles. The van der Waals surface area contributed by atoms with Crippen LogP contribution in [-0.2, 0) is 9.59 Å². The lowest BCUT2D eigenvalue weighted by Gasteiger charge is -2.34. The molecule has 5 nitrogen and oxygen atoms in total. The molecule has 3 rings (SSSR count). The monoisotopic (exact) mass is 342 g/mol. The molecular weight excluding hydrogens is 331 g/mol. The number of carbonyl (C=O) groups excluding carboxylic acids is 3. The molecule has 0 saturated carbocycles. The van der Waals surface area contributed by atoms with Gasteiger partial charge < -0.3 is 0 Å². The van der Waals surface area contributed by atoms with Crippen molar-refractivity contribution in [2.45, 2.75) is 6.42 Å². The van der Waals surface area contributed by atoms with E-state index >= 15 is 0 Å². The van der Waals surface area contributed by atoms with Crippen LogP contribution in [0.25, 0.3) is 0 Å². The van der Waals surface area contributed by atoms with E-state index in [9.17, 15) is 18.8 Å². The van der Waals surface area contributed by atoms with Crippen molar-refractivity contribution in [3.05, 3.63) is 66.0 Å². The van der Waals surface area contributed by atoms with Crippen LogP contribution in [0.2, 0.25) is 0 Å². The third kappa shape index (κ3) is 2.81. The molecule has 2 aromatic carbocycles. The number of nitrogens with zero attached hydrogens (tertiary/aromatic N) is 2. The Hall–Kier alpha value is -2.93. The Morgan fingerprint density at radius 2 is 1.58 bits per heavy atom. The molecule has 120 valence electrons. The number of imide groups is 1. The number of halogens is 1. The number of thiocarbonyl (C=S) groups is 1. The van der Waals surface area contributed by atoms with Crippen LogP contribution in [0.4, 0.5) is 10.1 Å². The predicted molar refractivity (Wildman–Crippen MR) is 88.7 cm³/mol. The molecule has 0 atom stereocenters. The van der Waals surface area contributed by atoms with Crippen LogP contribution >= 0.6 is 12.2 Å². The highest BCUT2D eigenvalue weighted by molar-refractivity contribution is 7.80. The third-order valence-corrected chi connectivity index (χ3v) is 3.86. The summed E-state index contributed by atoms with van der Waals surface area (Å²) in [6.45, 7) is 0. The first-order valence-corrected chi connectivity index (χ1v) is 7.44. The maximum absolute atomic E-state index is 13.1. The zero-order valence-corrected chi connectivity index (χ0v) is 13.1. The van der Waals surface area contributed by atoms with Crippen LogP contribution in [0.1, 0.15) is 16.8 Å². The summed E-state index contributed by atoms with van der Waals surface area (Å²) in [5.41, 5.74) is 0.575. The molecule has 24 heavy (non-hydrogen) atoms. The molecule has 1 fully saturated rings. The predicted octanol–water partition coefficient (Wildman–Crippen LogP) is 2.52. The second-order valence-corrected chi connectivity index (χ2v) is 5.43. The van der Waals surface area contributed by atoms with Crippen molar-refractivity contribution in [2.75, 3.05) is 4.90 Å². The van der Waals surface area contributed by atoms with Crippen molar-refractivity contribution in [2.24, 2.45) is 0 Å². The van der Waals surface area contributed by atoms with Crippen molar-refractivity contribution in [1.29, 1.82) is 0 Å². The molecule has 0 radical (unpaired) electrons. The van der Waals surface area contributed by atoms with Gasteiger partial charge in [0.05, 0.1) is 5.69 Å². The van der Waals surface area contributed by atoms with Gasteiger partial charge in [0.25, 0.3) is 5.91 Å². The number of hydrogen-bond donors (Lipinski definition) is 0. The third-order valence-electron chi connectivity index (χ3n) is 3.49. The first-order chi connectivity index (χ1) is 11.5. The van der Waals surface area contributed by atoms with Crippen LogP contribution in [0.15, 0.2) is 54.6 Å². The van der Waals surface area contributed by atoms with Crippen LogP contribution in [0.3, 0.4) is 0 Å². The summed E-state index contributed by atoms with van der Waals surface area (Å²) in [6.07, 6.45) is -0.490. The topological polar surface area (TPSA) is 57.7 Å². The summed E-state index contributed by atoms with van der Waals surface area (Å²) in [7, 11) is 0. The quantitative estimate of drug-likeness (QED) is 0.478. The van der Waals surface area contributed by atoms with E-state index in [1.54, 1.807) is 30.3 Å². The highest BCUT2D eigenvalue weighted by Gasteiger charge is 2.39. The van der Waals surface area contributed by atoms with E-state index in [1.165, 1.54) is 24.3 Å². The van der Waals surface area contributed by atoms with Crippen LogP contribution in [0.5, 0.6) is 0 Å². The molecule has 1 aliphatic rings. The van der Waals surface area contributed by atoms with Gasteiger partial charge in [0, 0.05) is 5.56 Å². The molecule has 2 aromatic rings. The van der Waals surface area contributed by atoms with Crippen molar-refractivity contribution in [3.63, 3.8) is 0 Å². The summed E-state index contributed by atoms with van der Waals surface area (Å²) in [6, 6.07) is 13.2. The van der Waals surface area contributed by atoms with E-state index in [-0.39, 0.29) is 10.7 Å². The summed E-state index contributed by atoms with van der Waals surface area (Å²) >= 11 is 5.19. The zero-order chi connectivity index (χ0) is 17.3. The van der Waals surface area contributed by atoms with Crippen LogP contribution in [-0.4, -0.2) is 27.7 Å². The van der Waals surface area contributed by atoms with E-state index in [4.69, 9.17) is 12.2 Å². The van der Waals surface area contributed by atoms with Gasteiger partial charge in [-0.3, -0.25) is 19.3 Å². The second kappa shape index (κ2) is 6.29. The average molecular weight is 342 g/mol. The molecule has 0 N–H and O–H groups in total. The first kappa shape index (κ1) is 15.9. The van der Waals surface area contributed by atoms with Gasteiger partial charge >= 0.3 is 0 Å². The minimum atomic E-state index is -0.683. The molecule has 1 saturated heterocycles. The van der Waals surface area contributed by atoms with E-state index < -0.39 is 30.0 Å². The molecule has 0 unspecified atom stereocenters. The average Bonchev–Trinajstić information content (AvgIpc) is 2.57. The van der Waals surface area contributed by atoms with Gasteiger partial charge in [0.15, 0.2) is 5.11 Å². The fourth-order valence-electron chi connectivity index (χ4n) is 2.36. The van der Waals surface area contributed by atoms with Gasteiger partial charge in [0.2, 0.25) is 11.8 Å². The number of benzene rings is 2. The summed E-state index contributed by atoms with van der Waals surface area (Å²) in [5, 5.41) is -0.239. The Balaban J connectivity index is 1.97. The number of rotatable bonds is 2. The normalized spacial score (nSPS) is 15.0. The van der Waals surface area contributed by atoms with E-state index in [0.29, 0.717) is 5.69 Å². The molecule has 3 amide bonds. The van der Waals surface area contributed by atoms with Gasteiger partial charge in [-0.25, -0.2) is 9.29 Å². The standard InChI is InChI=1S/C17H11FN2O3S/c18-12-6-8-13(9-7-12)19-14(21)10-15(22)20(17(19)24)16(23)11-4-2-1-3-5-11/h1-9H,10H2. The minimum absolute atomic E-state index is 0.239. The van der Waals surface area contributed by atoms with Crippen molar-refractivity contribution >= 4 is 40.7 Å². The Labute approximate surface area is 142 Å². The summed E-state index contributed by atoms with van der Waals surface area (Å²) in [5.74, 6) is -2.32. The fourth-order valence-corrected chi connectivity index (χ4v) is 2.75. The first-order valence-electron chi connectivity index (χ1n) is 7.04. The Morgan fingerprint density at radius 3 is 2.21 bits per heavy atom. The van der Waals surface area contributed by atoms with Crippen molar-refractivity contribution < 1.29 is 18.8 Å². The summed E-state index contributed by atoms with van der Waals surface area (Å²) < 4.78 is 13.1. The molecule has 1 heterocycles. The maximum Gasteiger partial charge on any atom is 0.266 e. The van der Waals surface area contributed by atoms with Gasteiger partial charge in [-0.15, -0.1) is 0 Å². The molecule has 1 aliphatic heterocycles. The maximum atomic E-state index is 13.1. The van der Waals surface area contributed by atoms with Gasteiger partial charge in [-0.2, -0.15) is 0 Å². The van der Waals surface area contributed by atoms with E-state index in [0.717, 1.165) is 9.80 Å². The lowest BCUT2D eigenvalue weighted by atomic mass is 10.1. The van der Waals surface area contributed by atoms with Gasteiger partial charge in [0.1, 0.15) is 12.2 Å². The van der Waals surface area contributed by atoms with Crippen LogP contribution in [0, 0.1) is 5.82 Å². The van der Waals surface area contributed by atoms with Gasteiger partial charge in [-0.1, -0.05) is 18.2 Å². The Morgan fingerprint density at radius 1 is 0.958 bits per heavy atom. The van der Waals surface area contributed by atoms with Crippen LogP contribution < -0.4 is 4.90 Å². The van der Waals surface area contributed by atoms with Crippen molar-refractivity contribution in [1.82, 2.24) is 4.90 Å². The molecule has 7 heteroatoms. The highest BCUT2D eigenvalue weighted by atomic mass is 32.1. The molecule has 0 aliphatic carbocycles. The molecular formula is C17H11FN2O3S. The van der Waals surface area contributed by atoms with E-state index in [2.05, 4.69) is 0 Å². The smallest absolute Gasteiger partial charge is 0.266 e.